The second-order valence-corrected chi connectivity index (χ2v) is 4.02. The molecule has 0 radical (unpaired) electrons. The SMILES string of the molecule is c1ccc(-c2nc(NCCn3ccnc3)no2)cc1. The van der Waals surface area contributed by atoms with Gasteiger partial charge >= 0.3 is 0 Å². The van der Waals surface area contributed by atoms with Crippen LogP contribution in [0.2, 0.25) is 0 Å². The van der Waals surface area contributed by atoms with Gasteiger partial charge in [-0.3, -0.25) is 0 Å². The molecule has 6 nitrogen and oxygen atoms in total. The standard InChI is InChI=1S/C13H13N5O/c1-2-4-11(5-3-1)12-16-13(17-19-12)15-7-9-18-8-6-14-10-18/h1-6,8,10H,7,9H2,(H,15,17). The fourth-order valence-electron chi connectivity index (χ4n) is 1.71. The van der Waals surface area contributed by atoms with E-state index in [1.807, 2.05) is 41.1 Å². The van der Waals surface area contributed by atoms with E-state index in [4.69, 9.17) is 4.52 Å². The highest BCUT2D eigenvalue weighted by atomic mass is 16.5. The first-order valence-corrected chi connectivity index (χ1v) is 6.00. The zero-order valence-electron chi connectivity index (χ0n) is 10.2. The summed E-state index contributed by atoms with van der Waals surface area (Å²) in [7, 11) is 0. The highest BCUT2D eigenvalue weighted by molar-refractivity contribution is 5.53. The van der Waals surface area contributed by atoms with Crippen LogP contribution in [-0.2, 0) is 6.54 Å². The first kappa shape index (κ1) is 11.5. The molecule has 96 valence electrons. The summed E-state index contributed by atoms with van der Waals surface area (Å²) in [5, 5.41) is 7.00. The molecular formula is C13H13N5O. The minimum atomic E-state index is 0.499. The average molecular weight is 255 g/mol. The van der Waals surface area contributed by atoms with Crippen molar-refractivity contribution < 1.29 is 4.52 Å². The Bertz CT molecular complexity index is 618. The predicted octanol–water partition coefficient (Wildman–Crippen LogP) is 2.05. The van der Waals surface area contributed by atoms with Gasteiger partial charge in [-0.15, -0.1) is 0 Å². The fourth-order valence-corrected chi connectivity index (χ4v) is 1.71. The van der Waals surface area contributed by atoms with E-state index < -0.39 is 0 Å². The number of hydrogen-bond acceptors (Lipinski definition) is 5. The number of nitrogens with zero attached hydrogens (tertiary/aromatic N) is 4. The third-order valence-electron chi connectivity index (χ3n) is 2.66. The molecule has 0 fully saturated rings. The summed E-state index contributed by atoms with van der Waals surface area (Å²) in [5.74, 6) is 1.02. The number of benzene rings is 1. The minimum Gasteiger partial charge on any atom is -0.350 e. The van der Waals surface area contributed by atoms with Gasteiger partial charge in [-0.25, -0.2) is 4.98 Å². The van der Waals surface area contributed by atoms with Crippen LogP contribution >= 0.6 is 0 Å². The van der Waals surface area contributed by atoms with Crippen molar-refractivity contribution in [3.63, 3.8) is 0 Å². The summed E-state index contributed by atoms with van der Waals surface area (Å²) in [6.45, 7) is 1.51. The van der Waals surface area contributed by atoms with Gasteiger partial charge in [-0.05, 0) is 17.3 Å². The van der Waals surface area contributed by atoms with E-state index in [1.165, 1.54) is 0 Å². The van der Waals surface area contributed by atoms with E-state index in [-0.39, 0.29) is 0 Å². The molecule has 0 saturated carbocycles. The van der Waals surface area contributed by atoms with Crippen molar-refractivity contribution in [1.82, 2.24) is 19.7 Å². The van der Waals surface area contributed by atoms with E-state index in [1.54, 1.807) is 12.5 Å². The molecule has 2 aromatic heterocycles. The van der Waals surface area contributed by atoms with Crippen molar-refractivity contribution in [3.05, 3.63) is 49.1 Å². The lowest BCUT2D eigenvalue weighted by molar-refractivity contribution is 0.432. The average Bonchev–Trinajstić information content (AvgIpc) is 3.11. The molecule has 0 saturated heterocycles. The minimum absolute atomic E-state index is 0.499. The zero-order valence-corrected chi connectivity index (χ0v) is 10.2. The van der Waals surface area contributed by atoms with Crippen LogP contribution in [0.15, 0.2) is 53.6 Å². The van der Waals surface area contributed by atoms with Crippen LogP contribution in [0.5, 0.6) is 0 Å². The predicted molar refractivity (Wildman–Crippen MR) is 70.5 cm³/mol. The molecule has 0 unspecified atom stereocenters. The zero-order chi connectivity index (χ0) is 12.9. The molecule has 1 aromatic carbocycles. The number of nitrogens with one attached hydrogen (secondary N) is 1. The topological polar surface area (TPSA) is 68.8 Å². The van der Waals surface area contributed by atoms with Crippen molar-refractivity contribution >= 4 is 5.95 Å². The molecule has 6 heteroatoms. The van der Waals surface area contributed by atoms with E-state index in [0.29, 0.717) is 18.4 Å². The Kier molecular flexibility index (Phi) is 3.22. The molecule has 3 rings (SSSR count). The Morgan fingerprint density at radius 3 is 2.89 bits per heavy atom. The number of aromatic nitrogens is 4. The second-order valence-electron chi connectivity index (χ2n) is 4.02. The van der Waals surface area contributed by atoms with Gasteiger partial charge < -0.3 is 14.4 Å². The Labute approximate surface area is 110 Å². The first-order valence-electron chi connectivity index (χ1n) is 6.00. The molecule has 3 aromatic rings. The Morgan fingerprint density at radius 2 is 2.11 bits per heavy atom. The van der Waals surface area contributed by atoms with Gasteiger partial charge in [0.25, 0.3) is 11.8 Å². The van der Waals surface area contributed by atoms with Crippen LogP contribution in [0, 0.1) is 0 Å². The van der Waals surface area contributed by atoms with Crippen molar-refractivity contribution in [2.75, 3.05) is 11.9 Å². The second kappa shape index (κ2) is 5.34. The van der Waals surface area contributed by atoms with Crippen LogP contribution in [0.1, 0.15) is 0 Å². The lowest BCUT2D eigenvalue weighted by Crippen LogP contribution is -2.09. The number of imidazole rings is 1. The van der Waals surface area contributed by atoms with E-state index >= 15 is 0 Å². The van der Waals surface area contributed by atoms with Gasteiger partial charge in [0.1, 0.15) is 0 Å². The van der Waals surface area contributed by atoms with Crippen molar-refractivity contribution in [3.8, 4) is 11.5 Å². The van der Waals surface area contributed by atoms with Crippen LogP contribution in [0.25, 0.3) is 11.5 Å². The molecule has 0 amide bonds. The highest BCUT2D eigenvalue weighted by Crippen LogP contribution is 2.17. The summed E-state index contributed by atoms with van der Waals surface area (Å²) >= 11 is 0. The maximum atomic E-state index is 5.20. The lowest BCUT2D eigenvalue weighted by Gasteiger charge is -2.01. The lowest BCUT2D eigenvalue weighted by atomic mass is 10.2. The number of hydrogen-bond donors (Lipinski definition) is 1. The molecule has 0 bridgehead atoms. The van der Waals surface area contributed by atoms with Gasteiger partial charge in [0.05, 0.1) is 6.33 Å². The van der Waals surface area contributed by atoms with Crippen LogP contribution < -0.4 is 5.32 Å². The molecule has 0 spiro atoms. The van der Waals surface area contributed by atoms with Gasteiger partial charge in [0.2, 0.25) is 0 Å². The van der Waals surface area contributed by atoms with Crippen LogP contribution in [0.3, 0.4) is 0 Å². The normalized spacial score (nSPS) is 10.5. The Morgan fingerprint density at radius 1 is 1.21 bits per heavy atom. The number of rotatable bonds is 5. The van der Waals surface area contributed by atoms with Gasteiger partial charge in [-0.1, -0.05) is 18.2 Å². The van der Waals surface area contributed by atoms with E-state index in [0.717, 1.165) is 12.1 Å². The van der Waals surface area contributed by atoms with Gasteiger partial charge in [-0.2, -0.15) is 4.98 Å². The highest BCUT2D eigenvalue weighted by Gasteiger charge is 2.07. The van der Waals surface area contributed by atoms with Crippen molar-refractivity contribution in [2.24, 2.45) is 0 Å². The third-order valence-corrected chi connectivity index (χ3v) is 2.66. The molecular weight excluding hydrogens is 242 g/mol. The van der Waals surface area contributed by atoms with Crippen LogP contribution in [-0.4, -0.2) is 26.2 Å². The molecule has 19 heavy (non-hydrogen) atoms. The van der Waals surface area contributed by atoms with Crippen molar-refractivity contribution in [2.45, 2.75) is 6.54 Å². The van der Waals surface area contributed by atoms with Gasteiger partial charge in [0, 0.05) is 31.0 Å². The molecule has 0 atom stereocenters. The number of anilines is 1. The first-order chi connectivity index (χ1) is 9.42. The van der Waals surface area contributed by atoms with Gasteiger partial charge in [0.15, 0.2) is 0 Å². The molecule has 0 aliphatic rings. The molecule has 1 N–H and O–H groups in total. The summed E-state index contributed by atoms with van der Waals surface area (Å²) in [6, 6.07) is 9.69. The van der Waals surface area contributed by atoms with E-state index in [2.05, 4.69) is 20.4 Å². The fraction of sp³-hybridized carbons (Fsp3) is 0.154. The van der Waals surface area contributed by atoms with Crippen molar-refractivity contribution in [1.29, 1.82) is 0 Å². The van der Waals surface area contributed by atoms with Crippen LogP contribution in [0.4, 0.5) is 5.95 Å². The smallest absolute Gasteiger partial charge is 0.263 e. The maximum absolute atomic E-state index is 5.20. The largest absolute Gasteiger partial charge is 0.350 e. The molecule has 0 aliphatic carbocycles. The third kappa shape index (κ3) is 2.79. The summed E-state index contributed by atoms with van der Waals surface area (Å²) in [4.78, 5) is 8.26. The maximum Gasteiger partial charge on any atom is 0.263 e. The quantitative estimate of drug-likeness (QED) is 0.755. The Balaban J connectivity index is 1.59. The summed E-state index contributed by atoms with van der Waals surface area (Å²) in [5.41, 5.74) is 0.914. The van der Waals surface area contributed by atoms with E-state index in [9.17, 15) is 0 Å². The summed E-state index contributed by atoms with van der Waals surface area (Å²) in [6.07, 6.45) is 5.43. The summed E-state index contributed by atoms with van der Waals surface area (Å²) < 4.78 is 7.17. The monoisotopic (exact) mass is 255 g/mol. The Hall–Kier alpha value is -2.63. The molecule has 2 heterocycles. The molecule has 0 aliphatic heterocycles.